The second kappa shape index (κ2) is 8.58. The van der Waals surface area contributed by atoms with Gasteiger partial charge in [-0.1, -0.05) is 30.3 Å². The van der Waals surface area contributed by atoms with Gasteiger partial charge in [0, 0.05) is 44.6 Å². The van der Waals surface area contributed by atoms with Crippen molar-refractivity contribution in [3.05, 3.63) is 59.7 Å². The number of para-hydroxylation sites is 1. The van der Waals surface area contributed by atoms with E-state index in [4.69, 9.17) is 0 Å². The maximum Gasteiger partial charge on any atom is 0.321 e. The van der Waals surface area contributed by atoms with E-state index < -0.39 is 0 Å². The lowest BCUT2D eigenvalue weighted by atomic mass is 10.1. The second-order valence-electron chi connectivity index (χ2n) is 6.75. The maximum atomic E-state index is 12.7. The second-order valence-corrected chi connectivity index (χ2v) is 6.75. The molecule has 1 heterocycles. The highest BCUT2D eigenvalue weighted by atomic mass is 16.2. The average molecular weight is 366 g/mol. The Morgan fingerprint density at radius 1 is 1.00 bits per heavy atom. The van der Waals surface area contributed by atoms with Gasteiger partial charge in [0.1, 0.15) is 0 Å². The summed E-state index contributed by atoms with van der Waals surface area (Å²) in [5.41, 5.74) is 3.93. The molecule has 1 fully saturated rings. The van der Waals surface area contributed by atoms with E-state index >= 15 is 0 Å². The van der Waals surface area contributed by atoms with Gasteiger partial charge in [-0.2, -0.15) is 0 Å². The van der Waals surface area contributed by atoms with Gasteiger partial charge < -0.3 is 20.4 Å². The third-order valence-corrected chi connectivity index (χ3v) is 4.82. The summed E-state index contributed by atoms with van der Waals surface area (Å²) >= 11 is 0. The number of nitrogens with one attached hydrogen (secondary N) is 2. The fourth-order valence-corrected chi connectivity index (χ4v) is 3.24. The quantitative estimate of drug-likeness (QED) is 0.874. The number of likely N-dealkylation sites (N-methyl/N-ethyl adjacent to an activating group) is 1. The number of hydrogen-bond acceptors (Lipinski definition) is 3. The molecule has 1 aliphatic rings. The maximum absolute atomic E-state index is 12.7. The van der Waals surface area contributed by atoms with Gasteiger partial charge in [0.15, 0.2) is 0 Å². The molecule has 0 aromatic heterocycles. The van der Waals surface area contributed by atoms with Crippen LogP contribution < -0.4 is 15.5 Å². The highest BCUT2D eigenvalue weighted by molar-refractivity contribution is 5.91. The molecule has 142 valence electrons. The SMILES string of the molecule is CNC(=O)Cc1ccccc1NC(=O)N1CCN(c2cccc(C)c2)CC1. The first kappa shape index (κ1) is 18.8. The summed E-state index contributed by atoms with van der Waals surface area (Å²) < 4.78 is 0. The van der Waals surface area contributed by atoms with Crippen molar-refractivity contribution in [1.82, 2.24) is 10.2 Å². The topological polar surface area (TPSA) is 64.7 Å². The smallest absolute Gasteiger partial charge is 0.321 e. The molecule has 0 radical (unpaired) electrons. The third kappa shape index (κ3) is 4.78. The van der Waals surface area contributed by atoms with Gasteiger partial charge in [0.05, 0.1) is 6.42 Å². The summed E-state index contributed by atoms with van der Waals surface area (Å²) in [4.78, 5) is 28.5. The van der Waals surface area contributed by atoms with E-state index in [0.717, 1.165) is 18.7 Å². The largest absolute Gasteiger partial charge is 0.368 e. The van der Waals surface area contributed by atoms with E-state index in [2.05, 4.69) is 46.7 Å². The van der Waals surface area contributed by atoms with Crippen LogP contribution in [0, 0.1) is 6.92 Å². The van der Waals surface area contributed by atoms with Crippen molar-refractivity contribution >= 4 is 23.3 Å². The number of benzene rings is 2. The lowest BCUT2D eigenvalue weighted by molar-refractivity contribution is -0.119. The Bertz CT molecular complexity index is 813. The van der Waals surface area contributed by atoms with Crippen molar-refractivity contribution in [3.63, 3.8) is 0 Å². The zero-order chi connectivity index (χ0) is 19.2. The van der Waals surface area contributed by atoms with E-state index in [0.29, 0.717) is 18.8 Å². The van der Waals surface area contributed by atoms with Gasteiger partial charge in [-0.15, -0.1) is 0 Å². The fourth-order valence-electron chi connectivity index (χ4n) is 3.24. The number of amides is 3. The molecule has 2 N–H and O–H groups in total. The number of piperazine rings is 1. The highest BCUT2D eigenvalue weighted by Gasteiger charge is 2.22. The minimum atomic E-state index is -0.122. The number of carbonyl (C=O) groups is 2. The molecule has 0 unspecified atom stereocenters. The Hall–Kier alpha value is -3.02. The molecule has 27 heavy (non-hydrogen) atoms. The van der Waals surface area contributed by atoms with Crippen LogP contribution >= 0.6 is 0 Å². The van der Waals surface area contributed by atoms with Crippen molar-refractivity contribution in [2.75, 3.05) is 43.4 Å². The van der Waals surface area contributed by atoms with Crippen LogP contribution in [0.25, 0.3) is 0 Å². The molecule has 0 saturated carbocycles. The molecule has 0 atom stereocenters. The van der Waals surface area contributed by atoms with Gasteiger partial charge in [-0.25, -0.2) is 4.79 Å². The normalized spacial score (nSPS) is 14.0. The fraction of sp³-hybridized carbons (Fsp3) is 0.333. The number of nitrogens with zero attached hydrogens (tertiary/aromatic N) is 2. The molecular formula is C21H26N4O2. The lowest BCUT2D eigenvalue weighted by Crippen LogP contribution is -2.50. The van der Waals surface area contributed by atoms with Crippen LogP contribution in [-0.2, 0) is 11.2 Å². The first-order chi connectivity index (χ1) is 13.1. The molecular weight excluding hydrogens is 340 g/mol. The minimum Gasteiger partial charge on any atom is -0.368 e. The molecule has 6 heteroatoms. The molecule has 3 amide bonds. The number of carbonyl (C=O) groups excluding carboxylic acids is 2. The average Bonchev–Trinajstić information content (AvgIpc) is 2.69. The molecule has 2 aromatic rings. The number of urea groups is 1. The molecule has 2 aromatic carbocycles. The summed E-state index contributed by atoms with van der Waals surface area (Å²) in [5.74, 6) is -0.0801. The van der Waals surface area contributed by atoms with Crippen molar-refractivity contribution < 1.29 is 9.59 Å². The van der Waals surface area contributed by atoms with E-state index in [1.165, 1.54) is 11.3 Å². The molecule has 0 spiro atoms. The first-order valence-corrected chi connectivity index (χ1v) is 9.23. The van der Waals surface area contributed by atoms with Crippen LogP contribution in [-0.4, -0.2) is 50.1 Å². The summed E-state index contributed by atoms with van der Waals surface area (Å²) in [6, 6.07) is 15.7. The Morgan fingerprint density at radius 2 is 1.74 bits per heavy atom. The van der Waals surface area contributed by atoms with E-state index in [-0.39, 0.29) is 18.4 Å². The van der Waals surface area contributed by atoms with Crippen molar-refractivity contribution in [1.29, 1.82) is 0 Å². The van der Waals surface area contributed by atoms with Crippen LogP contribution in [0.5, 0.6) is 0 Å². The number of aryl methyl sites for hydroxylation is 1. The van der Waals surface area contributed by atoms with Gasteiger partial charge in [-0.3, -0.25) is 4.79 Å². The molecule has 0 aliphatic carbocycles. The molecule has 6 nitrogen and oxygen atoms in total. The molecule has 1 saturated heterocycles. The Balaban J connectivity index is 1.59. The van der Waals surface area contributed by atoms with Crippen LogP contribution in [0.2, 0.25) is 0 Å². The van der Waals surface area contributed by atoms with Crippen LogP contribution in [0.3, 0.4) is 0 Å². The zero-order valence-corrected chi connectivity index (χ0v) is 15.9. The summed E-state index contributed by atoms with van der Waals surface area (Å²) in [7, 11) is 1.61. The van der Waals surface area contributed by atoms with Gasteiger partial charge >= 0.3 is 6.03 Å². The zero-order valence-electron chi connectivity index (χ0n) is 15.9. The minimum absolute atomic E-state index is 0.0801. The Labute approximate surface area is 160 Å². The standard InChI is InChI=1S/C21H26N4O2/c1-16-6-5-8-18(14-16)24-10-12-25(13-11-24)21(27)23-19-9-4-3-7-17(19)15-20(26)22-2/h3-9,14H,10-13,15H2,1-2H3,(H,22,26)(H,23,27). The molecule has 1 aliphatic heterocycles. The monoisotopic (exact) mass is 366 g/mol. The first-order valence-electron chi connectivity index (χ1n) is 9.23. The van der Waals surface area contributed by atoms with Crippen LogP contribution in [0.15, 0.2) is 48.5 Å². The van der Waals surface area contributed by atoms with E-state index in [1.54, 1.807) is 7.05 Å². The van der Waals surface area contributed by atoms with Crippen LogP contribution in [0.1, 0.15) is 11.1 Å². The molecule has 3 rings (SSSR count). The summed E-state index contributed by atoms with van der Waals surface area (Å²) in [5, 5.41) is 5.58. The lowest BCUT2D eigenvalue weighted by Gasteiger charge is -2.36. The van der Waals surface area contributed by atoms with Crippen molar-refractivity contribution in [2.45, 2.75) is 13.3 Å². The Morgan fingerprint density at radius 3 is 2.44 bits per heavy atom. The number of anilines is 2. The van der Waals surface area contributed by atoms with Crippen molar-refractivity contribution in [2.24, 2.45) is 0 Å². The third-order valence-electron chi connectivity index (χ3n) is 4.82. The highest BCUT2D eigenvalue weighted by Crippen LogP contribution is 2.19. The van der Waals surface area contributed by atoms with Crippen molar-refractivity contribution in [3.8, 4) is 0 Å². The van der Waals surface area contributed by atoms with E-state index in [1.807, 2.05) is 29.2 Å². The summed E-state index contributed by atoms with van der Waals surface area (Å²) in [6.07, 6.45) is 0.244. The predicted molar refractivity (Wildman–Crippen MR) is 108 cm³/mol. The Kier molecular flexibility index (Phi) is 5.96. The predicted octanol–water partition coefficient (Wildman–Crippen LogP) is 2.64. The number of hydrogen-bond donors (Lipinski definition) is 2. The van der Waals surface area contributed by atoms with E-state index in [9.17, 15) is 9.59 Å². The van der Waals surface area contributed by atoms with Gasteiger partial charge in [0.25, 0.3) is 0 Å². The van der Waals surface area contributed by atoms with Crippen LogP contribution in [0.4, 0.5) is 16.2 Å². The number of rotatable bonds is 4. The summed E-state index contributed by atoms with van der Waals surface area (Å²) in [6.45, 7) is 5.02. The molecule has 0 bridgehead atoms. The van der Waals surface area contributed by atoms with Gasteiger partial charge in [-0.05, 0) is 36.2 Å². The van der Waals surface area contributed by atoms with Gasteiger partial charge in [0.2, 0.25) is 5.91 Å².